The van der Waals surface area contributed by atoms with Gasteiger partial charge in [0.15, 0.2) is 0 Å². The predicted molar refractivity (Wildman–Crippen MR) is 106 cm³/mol. The van der Waals surface area contributed by atoms with Crippen molar-refractivity contribution in [3.05, 3.63) is 83.4 Å². The normalized spacial score (nSPS) is 10.2. The van der Waals surface area contributed by atoms with Gasteiger partial charge in [-0.3, -0.25) is 0 Å². The van der Waals surface area contributed by atoms with Crippen LogP contribution in [0.3, 0.4) is 0 Å². The summed E-state index contributed by atoms with van der Waals surface area (Å²) in [7, 11) is 0. The highest BCUT2D eigenvalue weighted by Crippen LogP contribution is 2.22. The lowest BCUT2D eigenvalue weighted by Crippen LogP contribution is -2.11. The van der Waals surface area contributed by atoms with Gasteiger partial charge < -0.3 is 9.94 Å². The fourth-order valence-electron chi connectivity index (χ4n) is 2.63. The fraction of sp³-hybridized carbons (Fsp3) is 0.0952. The first-order valence-electron chi connectivity index (χ1n) is 8.58. The summed E-state index contributed by atoms with van der Waals surface area (Å²) in [5.41, 5.74) is 4.65. The maximum atomic E-state index is 10.9. The molecule has 1 aromatic heterocycles. The van der Waals surface area contributed by atoms with E-state index < -0.39 is 5.97 Å². The van der Waals surface area contributed by atoms with Gasteiger partial charge in [0.1, 0.15) is 22.5 Å². The highest BCUT2D eigenvalue weighted by atomic mass is 16.7. The summed E-state index contributed by atoms with van der Waals surface area (Å²) in [6.07, 6.45) is 0. The summed E-state index contributed by atoms with van der Waals surface area (Å²) in [5.74, 6) is 4.40. The molecular formula is C21H20N4O3. The maximum Gasteiger partial charge on any atom is 0.356 e. The quantitative estimate of drug-likeness (QED) is 0.519. The van der Waals surface area contributed by atoms with Crippen molar-refractivity contribution in [2.75, 3.05) is 0 Å². The molecule has 4 aromatic rings. The summed E-state index contributed by atoms with van der Waals surface area (Å²) in [6, 6.07) is 20.1. The third-order valence-corrected chi connectivity index (χ3v) is 4.11. The Bertz CT molecular complexity index is 1090. The predicted octanol–water partition coefficient (Wildman–Crippen LogP) is 3.46. The molecule has 0 saturated carbocycles. The van der Waals surface area contributed by atoms with Crippen LogP contribution in [0.25, 0.3) is 16.7 Å². The van der Waals surface area contributed by atoms with E-state index in [1.165, 1.54) is 4.80 Å². The molecule has 0 saturated heterocycles. The van der Waals surface area contributed by atoms with E-state index in [2.05, 4.69) is 15.0 Å². The molecule has 1 heterocycles. The van der Waals surface area contributed by atoms with Crippen LogP contribution in [0, 0.1) is 13.8 Å². The zero-order valence-corrected chi connectivity index (χ0v) is 15.5. The van der Waals surface area contributed by atoms with Crippen LogP contribution < -0.4 is 5.90 Å². The molecule has 28 heavy (non-hydrogen) atoms. The van der Waals surface area contributed by atoms with Gasteiger partial charge in [-0.25, -0.2) is 4.79 Å². The standard InChI is InChI=1S/C13H11N3O.C8H9NO2/c1-9-6-7-13(17)12(8-9)16-14-10-4-2-3-5-11(10)15-16;1-6-4-2-3-5-7(6)8(10)11-9/h2-8,17H,1H3;2-5H,9H2,1H3. The van der Waals surface area contributed by atoms with Crippen LogP contribution in [0.4, 0.5) is 0 Å². The van der Waals surface area contributed by atoms with E-state index in [0.717, 1.165) is 22.2 Å². The first-order valence-corrected chi connectivity index (χ1v) is 8.58. The van der Waals surface area contributed by atoms with Crippen molar-refractivity contribution < 1.29 is 14.7 Å². The third-order valence-electron chi connectivity index (χ3n) is 4.11. The maximum absolute atomic E-state index is 10.9. The average molecular weight is 376 g/mol. The molecule has 4 rings (SSSR count). The van der Waals surface area contributed by atoms with Crippen molar-refractivity contribution in [3.63, 3.8) is 0 Å². The number of phenolic OH excluding ortho intramolecular Hbond substituents is 1. The number of aryl methyl sites for hydroxylation is 2. The van der Waals surface area contributed by atoms with Gasteiger partial charge in [0, 0.05) is 0 Å². The molecule has 7 nitrogen and oxygen atoms in total. The molecule has 0 atom stereocenters. The number of hydrogen-bond donors (Lipinski definition) is 2. The lowest BCUT2D eigenvalue weighted by molar-refractivity contribution is 0.0502. The van der Waals surface area contributed by atoms with Crippen LogP contribution >= 0.6 is 0 Å². The topological polar surface area (TPSA) is 103 Å². The van der Waals surface area contributed by atoms with Crippen molar-refractivity contribution >= 4 is 17.0 Å². The van der Waals surface area contributed by atoms with Gasteiger partial charge in [-0.15, -0.1) is 15.0 Å². The number of benzene rings is 3. The summed E-state index contributed by atoms with van der Waals surface area (Å²) >= 11 is 0. The number of rotatable bonds is 2. The van der Waals surface area contributed by atoms with E-state index in [9.17, 15) is 9.90 Å². The van der Waals surface area contributed by atoms with E-state index in [-0.39, 0.29) is 5.75 Å². The average Bonchev–Trinajstić information content (AvgIpc) is 3.14. The number of carbonyl (C=O) groups excluding carboxylic acids is 1. The van der Waals surface area contributed by atoms with Crippen molar-refractivity contribution in [2.24, 2.45) is 5.90 Å². The summed E-state index contributed by atoms with van der Waals surface area (Å²) < 4.78 is 0. The van der Waals surface area contributed by atoms with Crippen LogP contribution in [-0.4, -0.2) is 26.1 Å². The number of aromatic nitrogens is 3. The Morgan fingerprint density at radius 1 is 0.964 bits per heavy atom. The molecule has 0 aliphatic carbocycles. The molecule has 0 unspecified atom stereocenters. The molecule has 0 bridgehead atoms. The lowest BCUT2D eigenvalue weighted by atomic mass is 10.1. The van der Waals surface area contributed by atoms with E-state index in [4.69, 9.17) is 5.90 Å². The van der Waals surface area contributed by atoms with Gasteiger partial charge in [-0.1, -0.05) is 36.4 Å². The number of hydrogen-bond acceptors (Lipinski definition) is 6. The zero-order chi connectivity index (χ0) is 20.1. The molecule has 0 radical (unpaired) electrons. The van der Waals surface area contributed by atoms with Crippen molar-refractivity contribution in [1.29, 1.82) is 0 Å². The molecule has 0 fully saturated rings. The number of aromatic hydroxyl groups is 1. The van der Waals surface area contributed by atoms with Gasteiger partial charge in [-0.2, -0.15) is 5.90 Å². The lowest BCUT2D eigenvalue weighted by Gasteiger charge is -2.03. The highest BCUT2D eigenvalue weighted by molar-refractivity contribution is 5.90. The van der Waals surface area contributed by atoms with Gasteiger partial charge in [0.25, 0.3) is 0 Å². The molecule has 7 heteroatoms. The van der Waals surface area contributed by atoms with Gasteiger partial charge in [-0.05, 0) is 55.3 Å². The minimum absolute atomic E-state index is 0.177. The van der Waals surface area contributed by atoms with Gasteiger partial charge in [0.05, 0.1) is 5.56 Å². The molecule has 3 N–H and O–H groups in total. The van der Waals surface area contributed by atoms with Crippen molar-refractivity contribution in [2.45, 2.75) is 13.8 Å². The van der Waals surface area contributed by atoms with Crippen LogP contribution in [0.1, 0.15) is 21.5 Å². The van der Waals surface area contributed by atoms with Crippen LogP contribution in [-0.2, 0) is 4.84 Å². The van der Waals surface area contributed by atoms with Crippen LogP contribution in [0.15, 0.2) is 66.7 Å². The number of carbonyl (C=O) groups is 1. The van der Waals surface area contributed by atoms with E-state index in [1.807, 2.05) is 62.4 Å². The fourth-order valence-corrected chi connectivity index (χ4v) is 2.63. The summed E-state index contributed by atoms with van der Waals surface area (Å²) in [5, 5.41) is 18.5. The minimum atomic E-state index is -0.497. The van der Waals surface area contributed by atoms with Crippen LogP contribution in [0.5, 0.6) is 5.75 Å². The Balaban J connectivity index is 0.000000178. The van der Waals surface area contributed by atoms with Crippen molar-refractivity contribution in [3.8, 4) is 11.4 Å². The molecule has 0 aliphatic heterocycles. The third kappa shape index (κ3) is 4.16. The van der Waals surface area contributed by atoms with E-state index >= 15 is 0 Å². The van der Waals surface area contributed by atoms with E-state index in [1.54, 1.807) is 18.2 Å². The Labute approximate surface area is 161 Å². The van der Waals surface area contributed by atoms with Gasteiger partial charge >= 0.3 is 5.97 Å². The summed E-state index contributed by atoms with van der Waals surface area (Å²) in [4.78, 5) is 16.4. The molecule has 3 aromatic carbocycles. The number of phenols is 1. The summed E-state index contributed by atoms with van der Waals surface area (Å²) in [6.45, 7) is 3.79. The van der Waals surface area contributed by atoms with E-state index in [0.29, 0.717) is 11.3 Å². The molecule has 0 spiro atoms. The zero-order valence-electron chi connectivity index (χ0n) is 15.5. The monoisotopic (exact) mass is 376 g/mol. The molecule has 142 valence electrons. The first-order chi connectivity index (χ1) is 13.5. The Kier molecular flexibility index (Phi) is 5.67. The molecular weight excluding hydrogens is 356 g/mol. The van der Waals surface area contributed by atoms with Crippen LogP contribution in [0.2, 0.25) is 0 Å². The SMILES string of the molecule is Cc1ccc(O)c(-n2nc3ccccc3n2)c1.Cc1ccccc1C(=O)ON. The number of fused-ring (bicyclic) bond motifs is 1. The second-order valence-corrected chi connectivity index (χ2v) is 6.19. The van der Waals surface area contributed by atoms with Gasteiger partial charge in [0.2, 0.25) is 0 Å². The minimum Gasteiger partial charge on any atom is -0.506 e. The first kappa shape index (κ1) is 19.1. The largest absolute Gasteiger partial charge is 0.506 e. The second-order valence-electron chi connectivity index (χ2n) is 6.19. The smallest absolute Gasteiger partial charge is 0.356 e. The van der Waals surface area contributed by atoms with Crippen molar-refractivity contribution in [1.82, 2.24) is 15.0 Å². The second kappa shape index (κ2) is 8.32. The Morgan fingerprint density at radius 3 is 2.18 bits per heavy atom. The molecule has 0 aliphatic rings. The number of nitrogens with two attached hydrogens (primary N) is 1. The Hall–Kier alpha value is -3.71. The number of nitrogens with zero attached hydrogens (tertiary/aromatic N) is 3. The highest BCUT2D eigenvalue weighted by Gasteiger charge is 2.08. The molecule has 0 amide bonds. The Morgan fingerprint density at radius 2 is 1.57 bits per heavy atom.